The molecule has 0 aromatic rings. The average Bonchev–Trinajstić information content (AvgIpc) is 3.03. The summed E-state index contributed by atoms with van der Waals surface area (Å²) >= 11 is 1.87. The minimum absolute atomic E-state index is 0.0736. The first-order chi connectivity index (χ1) is 11.1. The van der Waals surface area contributed by atoms with Crippen LogP contribution in [0.3, 0.4) is 0 Å². The summed E-state index contributed by atoms with van der Waals surface area (Å²) in [6.45, 7) is 2.06. The number of carbonyl (C=O) groups is 3. The van der Waals surface area contributed by atoms with Crippen LogP contribution in [-0.4, -0.2) is 41.1 Å². The van der Waals surface area contributed by atoms with Crippen LogP contribution in [0.1, 0.15) is 58.3 Å². The molecule has 2 heterocycles. The lowest BCUT2D eigenvalue weighted by Crippen LogP contribution is -2.36. The topological polar surface area (TPSA) is 84.5 Å². The molecule has 2 rings (SSSR count). The molecule has 0 aromatic heterocycles. The van der Waals surface area contributed by atoms with Crippen molar-refractivity contribution >= 4 is 29.7 Å². The van der Waals surface area contributed by atoms with Crippen molar-refractivity contribution in [1.82, 2.24) is 10.6 Å². The van der Waals surface area contributed by atoms with Gasteiger partial charge in [-0.2, -0.15) is 11.8 Å². The van der Waals surface area contributed by atoms with Gasteiger partial charge in [0.05, 0.1) is 12.1 Å². The minimum Gasteiger partial charge on any atom is -0.393 e. The van der Waals surface area contributed by atoms with Crippen molar-refractivity contribution in [3.05, 3.63) is 0 Å². The van der Waals surface area contributed by atoms with Gasteiger partial charge < -0.3 is 15.4 Å². The zero-order valence-electron chi connectivity index (χ0n) is 13.6. The van der Waals surface area contributed by atoms with Crippen molar-refractivity contribution in [2.45, 2.75) is 75.6 Å². The predicted octanol–water partition coefficient (Wildman–Crippen LogP) is 2.36. The summed E-state index contributed by atoms with van der Waals surface area (Å²) in [7, 11) is 0. The summed E-state index contributed by atoms with van der Waals surface area (Å²) in [5, 5.41) is 6.28. The van der Waals surface area contributed by atoms with Crippen LogP contribution < -0.4 is 10.6 Å². The second kappa shape index (κ2) is 9.15. The van der Waals surface area contributed by atoms with Crippen molar-refractivity contribution < 1.29 is 19.1 Å². The van der Waals surface area contributed by atoms with E-state index in [1.807, 2.05) is 11.8 Å². The Morgan fingerprint density at radius 2 is 1.83 bits per heavy atom. The second-order valence-corrected chi connectivity index (χ2v) is 7.44. The lowest BCUT2D eigenvalue weighted by molar-refractivity contribution is -0.159. The van der Waals surface area contributed by atoms with E-state index in [1.54, 1.807) is 0 Å². The molecule has 6 nitrogen and oxygen atoms in total. The number of amides is 2. The lowest BCUT2D eigenvalue weighted by atomic mass is 10.0. The molecule has 130 valence electrons. The first-order valence-corrected chi connectivity index (χ1v) is 9.57. The number of rotatable bonds is 9. The van der Waals surface area contributed by atoms with Gasteiger partial charge in [-0.25, -0.2) is 4.79 Å². The smallest absolute Gasteiger partial charge is 0.315 e. The van der Waals surface area contributed by atoms with Crippen LogP contribution in [0.4, 0.5) is 4.79 Å². The van der Waals surface area contributed by atoms with E-state index in [-0.39, 0.29) is 24.5 Å². The van der Waals surface area contributed by atoms with Crippen LogP contribution >= 0.6 is 11.8 Å². The van der Waals surface area contributed by atoms with E-state index in [9.17, 15) is 14.4 Å². The third-order valence-corrected chi connectivity index (χ3v) is 5.78. The first kappa shape index (κ1) is 18.1. The van der Waals surface area contributed by atoms with E-state index < -0.39 is 11.9 Å². The van der Waals surface area contributed by atoms with E-state index in [0.29, 0.717) is 11.7 Å². The third-order valence-electron chi connectivity index (χ3n) is 4.27. The summed E-state index contributed by atoms with van der Waals surface area (Å²) in [5.74, 6) is 0.124. The van der Waals surface area contributed by atoms with E-state index in [2.05, 4.69) is 17.6 Å². The van der Waals surface area contributed by atoms with Gasteiger partial charge in [-0.3, -0.25) is 9.59 Å². The van der Waals surface area contributed by atoms with Crippen molar-refractivity contribution in [3.63, 3.8) is 0 Å². The number of nitrogens with one attached hydrogen (secondary N) is 2. The van der Waals surface area contributed by atoms with Crippen LogP contribution in [0.2, 0.25) is 0 Å². The van der Waals surface area contributed by atoms with Crippen LogP contribution in [0.15, 0.2) is 0 Å². The molecular weight excluding hydrogens is 316 g/mol. The predicted molar refractivity (Wildman–Crippen MR) is 89.2 cm³/mol. The van der Waals surface area contributed by atoms with Crippen LogP contribution in [0, 0.1) is 0 Å². The fourth-order valence-electron chi connectivity index (χ4n) is 3.01. The molecule has 2 aliphatic heterocycles. The van der Waals surface area contributed by atoms with Gasteiger partial charge in [0.25, 0.3) is 0 Å². The number of hydrogen-bond acceptors (Lipinski definition) is 5. The van der Waals surface area contributed by atoms with Gasteiger partial charge in [0.2, 0.25) is 0 Å². The molecule has 0 aliphatic carbocycles. The van der Waals surface area contributed by atoms with Crippen LogP contribution in [0.5, 0.6) is 0 Å². The third kappa shape index (κ3) is 5.71. The molecular formula is C16H26N2O4S. The number of carbonyl (C=O) groups excluding carboxylic acids is 3. The molecule has 2 N–H and O–H groups in total. The van der Waals surface area contributed by atoms with Gasteiger partial charge >= 0.3 is 18.0 Å². The highest BCUT2D eigenvalue weighted by Gasteiger charge is 2.42. The molecule has 2 fully saturated rings. The zero-order chi connectivity index (χ0) is 16.7. The normalized spacial score (nSPS) is 25.6. The molecule has 3 atom stereocenters. The molecule has 0 bridgehead atoms. The van der Waals surface area contributed by atoms with Gasteiger partial charge in [-0.05, 0) is 19.3 Å². The highest BCUT2D eigenvalue weighted by Crippen LogP contribution is 2.33. The van der Waals surface area contributed by atoms with Crippen LogP contribution in [-0.2, 0) is 14.3 Å². The SMILES string of the molecule is CCCCCC(=O)OC(=O)CCCC[C@@H]1SC[C@@H]2NC(=O)N[C@@H]21. The number of esters is 2. The summed E-state index contributed by atoms with van der Waals surface area (Å²) in [6, 6.07) is 0.373. The van der Waals surface area contributed by atoms with Crippen molar-refractivity contribution in [1.29, 1.82) is 0 Å². The second-order valence-electron chi connectivity index (χ2n) is 6.17. The number of thioether (sulfide) groups is 1. The summed E-state index contributed by atoms with van der Waals surface area (Å²) in [5.41, 5.74) is 0. The molecule has 0 spiro atoms. The molecule has 7 heteroatoms. The van der Waals surface area contributed by atoms with Crippen molar-refractivity contribution in [2.75, 3.05) is 5.75 Å². The Hall–Kier alpha value is -1.24. The molecule has 2 aliphatic rings. The fraction of sp³-hybridized carbons (Fsp3) is 0.812. The van der Waals surface area contributed by atoms with Crippen molar-refractivity contribution in [2.24, 2.45) is 0 Å². The first-order valence-electron chi connectivity index (χ1n) is 8.52. The largest absolute Gasteiger partial charge is 0.393 e. The average molecular weight is 342 g/mol. The van der Waals surface area contributed by atoms with Gasteiger partial charge in [-0.1, -0.05) is 26.2 Å². The van der Waals surface area contributed by atoms with E-state index in [1.165, 1.54) is 0 Å². The van der Waals surface area contributed by atoms with Gasteiger partial charge in [0.15, 0.2) is 0 Å². The van der Waals surface area contributed by atoms with Gasteiger partial charge in [0.1, 0.15) is 0 Å². The highest BCUT2D eigenvalue weighted by molar-refractivity contribution is 8.00. The molecule has 0 saturated carbocycles. The summed E-state index contributed by atoms with van der Waals surface area (Å²) in [6.07, 6.45) is 6.00. The van der Waals surface area contributed by atoms with E-state index >= 15 is 0 Å². The standard InChI is InChI=1S/C16H26N2O4S/c1-2-3-4-8-13(19)22-14(20)9-6-5-7-12-15-11(10-23-12)17-16(21)18-15/h11-12,15H,2-10H2,1H3,(H2,17,18,21)/t11-,12-,15-/m0/s1. The Bertz CT molecular complexity index is 444. The molecule has 2 saturated heterocycles. The molecule has 0 radical (unpaired) electrons. The molecule has 0 aromatic carbocycles. The number of urea groups is 1. The maximum Gasteiger partial charge on any atom is 0.315 e. The number of unbranched alkanes of at least 4 members (excludes halogenated alkanes) is 3. The Kier molecular flexibility index (Phi) is 7.20. The number of hydrogen-bond donors (Lipinski definition) is 2. The van der Waals surface area contributed by atoms with Gasteiger partial charge in [-0.15, -0.1) is 0 Å². The van der Waals surface area contributed by atoms with E-state index in [0.717, 1.165) is 44.3 Å². The van der Waals surface area contributed by atoms with Crippen LogP contribution in [0.25, 0.3) is 0 Å². The van der Waals surface area contributed by atoms with Gasteiger partial charge in [0, 0.05) is 23.8 Å². The molecule has 0 unspecified atom stereocenters. The molecule has 23 heavy (non-hydrogen) atoms. The maximum atomic E-state index is 11.6. The number of fused-ring (bicyclic) bond motifs is 1. The Balaban J connectivity index is 1.54. The summed E-state index contributed by atoms with van der Waals surface area (Å²) in [4.78, 5) is 34.3. The lowest BCUT2D eigenvalue weighted by Gasteiger charge is -2.16. The van der Waals surface area contributed by atoms with E-state index in [4.69, 9.17) is 4.74 Å². The molecule has 2 amide bonds. The fourth-order valence-corrected chi connectivity index (χ4v) is 4.55. The number of ether oxygens (including phenoxy) is 1. The summed E-state index contributed by atoms with van der Waals surface area (Å²) < 4.78 is 4.80. The highest BCUT2D eigenvalue weighted by atomic mass is 32.2. The van der Waals surface area contributed by atoms with Crippen molar-refractivity contribution in [3.8, 4) is 0 Å². The Labute approximate surface area is 141 Å². The zero-order valence-corrected chi connectivity index (χ0v) is 14.5. The maximum absolute atomic E-state index is 11.6. The quantitative estimate of drug-likeness (QED) is 0.291. The Morgan fingerprint density at radius 3 is 2.52 bits per heavy atom. The monoisotopic (exact) mass is 342 g/mol. The minimum atomic E-state index is -0.417. The Morgan fingerprint density at radius 1 is 1.13 bits per heavy atom.